The zero-order valence-electron chi connectivity index (χ0n) is 13.9. The van der Waals surface area contributed by atoms with Crippen LogP contribution in [-0.4, -0.2) is 44.7 Å². The number of benzene rings is 1. The molecule has 1 saturated heterocycles. The highest BCUT2D eigenvalue weighted by molar-refractivity contribution is 7.89. The lowest BCUT2D eigenvalue weighted by Crippen LogP contribution is -2.46. The second kappa shape index (κ2) is 6.54. The van der Waals surface area contributed by atoms with Crippen LogP contribution in [0.2, 0.25) is 0 Å². The Morgan fingerprint density at radius 1 is 1.12 bits per heavy atom. The smallest absolute Gasteiger partial charge is 0.238 e. The van der Waals surface area contributed by atoms with Crippen LogP contribution in [0.1, 0.15) is 17.0 Å². The zero-order valence-corrected chi connectivity index (χ0v) is 14.7. The second-order valence-corrected chi connectivity index (χ2v) is 7.67. The molecule has 1 fully saturated rings. The van der Waals surface area contributed by atoms with Crippen molar-refractivity contribution in [3.8, 4) is 0 Å². The third-order valence-electron chi connectivity index (χ3n) is 4.47. The molecule has 1 aliphatic rings. The summed E-state index contributed by atoms with van der Waals surface area (Å²) in [5.74, 6) is 0.883. The van der Waals surface area contributed by atoms with Gasteiger partial charge in [0.05, 0.1) is 10.6 Å². The van der Waals surface area contributed by atoms with Crippen molar-refractivity contribution < 1.29 is 12.9 Å². The summed E-state index contributed by atoms with van der Waals surface area (Å²) >= 11 is 0. The van der Waals surface area contributed by atoms with Gasteiger partial charge in [0.25, 0.3) is 0 Å². The average molecular weight is 350 g/mol. The van der Waals surface area contributed by atoms with Crippen molar-refractivity contribution in [2.75, 3.05) is 31.1 Å². The van der Waals surface area contributed by atoms with Gasteiger partial charge in [-0.05, 0) is 38.1 Å². The Morgan fingerprint density at radius 3 is 2.25 bits per heavy atom. The maximum Gasteiger partial charge on any atom is 0.238 e. The van der Waals surface area contributed by atoms with E-state index < -0.39 is 10.0 Å². The molecule has 8 heteroatoms. The number of hydrogen-bond donors (Lipinski definition) is 1. The predicted molar refractivity (Wildman–Crippen MR) is 91.3 cm³/mol. The number of nitrogens with zero attached hydrogens (tertiary/aromatic N) is 3. The molecule has 1 aliphatic heterocycles. The highest BCUT2D eigenvalue weighted by Gasteiger charge is 2.20. The van der Waals surface area contributed by atoms with E-state index in [0.29, 0.717) is 0 Å². The van der Waals surface area contributed by atoms with Crippen molar-refractivity contribution in [2.45, 2.75) is 25.3 Å². The lowest BCUT2D eigenvalue weighted by molar-refractivity contribution is 0.248. The number of rotatable bonds is 4. The quantitative estimate of drug-likeness (QED) is 0.892. The van der Waals surface area contributed by atoms with Crippen molar-refractivity contribution in [3.05, 3.63) is 41.3 Å². The number of hydrogen-bond acceptors (Lipinski definition) is 6. The molecular weight excluding hydrogens is 328 g/mol. The number of aryl methyl sites for hydroxylation is 2. The van der Waals surface area contributed by atoms with E-state index in [9.17, 15) is 8.42 Å². The monoisotopic (exact) mass is 350 g/mol. The molecule has 130 valence electrons. The fourth-order valence-corrected chi connectivity index (χ4v) is 3.48. The largest absolute Gasteiger partial charge is 0.369 e. The van der Waals surface area contributed by atoms with Gasteiger partial charge < -0.3 is 9.42 Å². The van der Waals surface area contributed by atoms with Gasteiger partial charge in [0.15, 0.2) is 0 Å². The van der Waals surface area contributed by atoms with Crippen LogP contribution in [0, 0.1) is 13.8 Å². The highest BCUT2D eigenvalue weighted by Crippen LogP contribution is 2.21. The van der Waals surface area contributed by atoms with Crippen LogP contribution in [0.4, 0.5) is 5.69 Å². The van der Waals surface area contributed by atoms with Gasteiger partial charge in [0, 0.05) is 44.0 Å². The van der Waals surface area contributed by atoms with Crippen LogP contribution in [0.15, 0.2) is 33.7 Å². The molecule has 0 saturated carbocycles. The van der Waals surface area contributed by atoms with Gasteiger partial charge >= 0.3 is 0 Å². The van der Waals surface area contributed by atoms with Crippen molar-refractivity contribution in [1.82, 2.24) is 10.1 Å². The Bertz CT molecular complexity index is 787. The molecule has 3 rings (SSSR count). The van der Waals surface area contributed by atoms with E-state index >= 15 is 0 Å². The van der Waals surface area contributed by atoms with Crippen LogP contribution < -0.4 is 10.0 Å². The fourth-order valence-electron chi connectivity index (χ4n) is 2.96. The molecule has 0 unspecified atom stereocenters. The van der Waals surface area contributed by atoms with Gasteiger partial charge in [-0.25, -0.2) is 13.6 Å². The van der Waals surface area contributed by atoms with Crippen molar-refractivity contribution in [3.63, 3.8) is 0 Å². The second-order valence-electron chi connectivity index (χ2n) is 6.10. The minimum atomic E-state index is -3.64. The Balaban J connectivity index is 1.61. The predicted octanol–water partition coefficient (Wildman–Crippen LogP) is 1.26. The summed E-state index contributed by atoms with van der Waals surface area (Å²) in [5, 5.41) is 9.13. The van der Waals surface area contributed by atoms with Crippen LogP contribution in [-0.2, 0) is 16.6 Å². The Morgan fingerprint density at radius 2 is 1.75 bits per heavy atom. The van der Waals surface area contributed by atoms with Crippen LogP contribution in [0.3, 0.4) is 0 Å². The third-order valence-corrected chi connectivity index (χ3v) is 5.39. The molecule has 7 nitrogen and oxygen atoms in total. The first-order chi connectivity index (χ1) is 11.3. The topological polar surface area (TPSA) is 92.7 Å². The lowest BCUT2D eigenvalue weighted by atomic mass is 10.1. The molecule has 2 N–H and O–H groups in total. The SMILES string of the molecule is Cc1noc(C)c1CN1CCN(c2ccc(S(N)(=O)=O)cc2)CC1. The molecule has 2 aromatic rings. The molecule has 24 heavy (non-hydrogen) atoms. The van der Waals surface area contributed by atoms with Crippen LogP contribution in [0.25, 0.3) is 0 Å². The fraction of sp³-hybridized carbons (Fsp3) is 0.438. The summed E-state index contributed by atoms with van der Waals surface area (Å²) in [6, 6.07) is 6.73. The van der Waals surface area contributed by atoms with Gasteiger partial charge in [-0.2, -0.15) is 0 Å². The van der Waals surface area contributed by atoms with Gasteiger partial charge in [-0.3, -0.25) is 4.90 Å². The number of aromatic nitrogens is 1. The molecule has 0 atom stereocenters. The molecule has 0 bridgehead atoms. The minimum Gasteiger partial charge on any atom is -0.369 e. The zero-order chi connectivity index (χ0) is 17.3. The summed E-state index contributed by atoms with van der Waals surface area (Å²) in [7, 11) is -3.64. The summed E-state index contributed by atoms with van der Waals surface area (Å²) in [4.78, 5) is 4.77. The number of nitrogens with two attached hydrogens (primary N) is 1. The molecule has 2 heterocycles. The van der Waals surface area contributed by atoms with Crippen LogP contribution in [0.5, 0.6) is 0 Å². The number of primary sulfonamides is 1. The van der Waals surface area contributed by atoms with Crippen LogP contribution >= 0.6 is 0 Å². The van der Waals surface area contributed by atoms with E-state index in [4.69, 9.17) is 9.66 Å². The first-order valence-corrected chi connectivity index (χ1v) is 9.41. The van der Waals surface area contributed by atoms with E-state index in [1.807, 2.05) is 26.0 Å². The van der Waals surface area contributed by atoms with Crippen molar-refractivity contribution >= 4 is 15.7 Å². The first-order valence-electron chi connectivity index (χ1n) is 7.86. The van der Waals surface area contributed by atoms with Gasteiger partial charge in [-0.15, -0.1) is 0 Å². The lowest BCUT2D eigenvalue weighted by Gasteiger charge is -2.36. The number of anilines is 1. The van der Waals surface area contributed by atoms with Gasteiger partial charge in [0.1, 0.15) is 5.76 Å². The average Bonchev–Trinajstić information content (AvgIpc) is 2.87. The highest BCUT2D eigenvalue weighted by atomic mass is 32.2. The number of piperazine rings is 1. The van der Waals surface area contributed by atoms with E-state index in [2.05, 4.69) is 15.0 Å². The van der Waals surface area contributed by atoms with Gasteiger partial charge in [0.2, 0.25) is 10.0 Å². The number of sulfonamides is 1. The molecule has 0 spiro atoms. The molecule has 1 aromatic carbocycles. The van der Waals surface area contributed by atoms with E-state index in [-0.39, 0.29) is 4.90 Å². The third kappa shape index (κ3) is 3.61. The minimum absolute atomic E-state index is 0.142. The molecular formula is C16H22N4O3S. The van der Waals surface area contributed by atoms with E-state index in [0.717, 1.165) is 49.9 Å². The van der Waals surface area contributed by atoms with Crippen molar-refractivity contribution in [1.29, 1.82) is 0 Å². The first kappa shape index (κ1) is 16.9. The van der Waals surface area contributed by atoms with E-state index in [1.165, 1.54) is 5.56 Å². The van der Waals surface area contributed by atoms with E-state index in [1.54, 1.807) is 12.1 Å². The molecule has 0 radical (unpaired) electrons. The summed E-state index contributed by atoms with van der Waals surface area (Å²) < 4.78 is 27.8. The Hall–Kier alpha value is -1.90. The summed E-state index contributed by atoms with van der Waals surface area (Å²) in [6.45, 7) is 8.39. The standard InChI is InChI=1S/C16H22N4O3S/c1-12-16(13(2)23-18-12)11-19-7-9-20(10-8-19)14-3-5-15(6-4-14)24(17,21)22/h3-6H,7-11H2,1-2H3,(H2,17,21,22). The Labute approximate surface area is 142 Å². The molecule has 1 aromatic heterocycles. The molecule has 0 amide bonds. The summed E-state index contributed by atoms with van der Waals surface area (Å²) in [5.41, 5.74) is 3.13. The maximum atomic E-state index is 11.3. The normalized spacial score (nSPS) is 16.5. The summed E-state index contributed by atoms with van der Waals surface area (Å²) in [6.07, 6.45) is 0. The molecule has 0 aliphatic carbocycles. The maximum absolute atomic E-state index is 11.3. The Kier molecular flexibility index (Phi) is 4.62. The van der Waals surface area contributed by atoms with Crippen molar-refractivity contribution in [2.24, 2.45) is 5.14 Å². The van der Waals surface area contributed by atoms with Gasteiger partial charge in [-0.1, -0.05) is 5.16 Å².